The summed E-state index contributed by atoms with van der Waals surface area (Å²) in [4.78, 5) is 12.5. The predicted octanol–water partition coefficient (Wildman–Crippen LogP) is 4.37. The van der Waals surface area contributed by atoms with E-state index in [2.05, 4.69) is 10.1 Å². The smallest absolute Gasteiger partial charge is 0.387 e. The van der Waals surface area contributed by atoms with E-state index in [4.69, 9.17) is 0 Å². The van der Waals surface area contributed by atoms with Crippen LogP contribution in [-0.2, 0) is 10.0 Å². The minimum atomic E-state index is -3.87. The van der Waals surface area contributed by atoms with Crippen molar-refractivity contribution >= 4 is 27.3 Å². The molecule has 30 heavy (non-hydrogen) atoms. The standard InChI is InChI=1S/C21H18F2N2O4S/c1-25(17-7-3-2-4-8-17)30(27,28)19-9-5-6-15(14-19)20(26)24-16-10-12-18(13-11-16)29-21(22)23/h2-14,21H,1H3,(H,24,26). The molecule has 0 aliphatic rings. The number of para-hydroxylation sites is 1. The maximum absolute atomic E-state index is 12.9. The number of carbonyl (C=O) groups excluding carboxylic acids is 1. The van der Waals surface area contributed by atoms with Gasteiger partial charge < -0.3 is 10.1 Å². The maximum Gasteiger partial charge on any atom is 0.387 e. The van der Waals surface area contributed by atoms with Gasteiger partial charge in [-0.2, -0.15) is 8.78 Å². The van der Waals surface area contributed by atoms with Crippen LogP contribution in [0.5, 0.6) is 5.75 Å². The molecular weight excluding hydrogens is 414 g/mol. The average molecular weight is 432 g/mol. The summed E-state index contributed by atoms with van der Waals surface area (Å²) in [5.41, 5.74) is 0.959. The van der Waals surface area contributed by atoms with Crippen molar-refractivity contribution in [2.45, 2.75) is 11.5 Å². The molecule has 0 atom stereocenters. The highest BCUT2D eigenvalue weighted by Gasteiger charge is 2.22. The fourth-order valence-corrected chi connectivity index (χ4v) is 3.90. The van der Waals surface area contributed by atoms with Crippen LogP contribution in [-0.4, -0.2) is 28.0 Å². The van der Waals surface area contributed by atoms with Gasteiger partial charge in [-0.25, -0.2) is 8.42 Å². The van der Waals surface area contributed by atoms with Crippen molar-refractivity contribution in [2.24, 2.45) is 0 Å². The van der Waals surface area contributed by atoms with Crippen molar-refractivity contribution in [1.29, 1.82) is 0 Å². The Morgan fingerprint density at radius 3 is 2.27 bits per heavy atom. The number of ether oxygens (including phenoxy) is 1. The molecule has 0 saturated carbocycles. The second-order valence-electron chi connectivity index (χ2n) is 6.19. The van der Waals surface area contributed by atoms with E-state index < -0.39 is 22.5 Å². The molecule has 0 aliphatic carbocycles. The van der Waals surface area contributed by atoms with Crippen LogP contribution in [0, 0.1) is 0 Å². The van der Waals surface area contributed by atoms with Gasteiger partial charge in [0.1, 0.15) is 5.75 Å². The summed E-state index contributed by atoms with van der Waals surface area (Å²) in [6.07, 6.45) is 0. The Balaban J connectivity index is 1.78. The summed E-state index contributed by atoms with van der Waals surface area (Å²) in [5.74, 6) is -0.586. The minimum Gasteiger partial charge on any atom is -0.435 e. The van der Waals surface area contributed by atoms with E-state index in [9.17, 15) is 22.0 Å². The molecule has 0 saturated heterocycles. The summed E-state index contributed by atoms with van der Waals surface area (Å²) in [6, 6.07) is 19.6. The highest BCUT2D eigenvalue weighted by Crippen LogP contribution is 2.23. The average Bonchev–Trinajstić information content (AvgIpc) is 2.75. The number of rotatable bonds is 7. The van der Waals surface area contributed by atoms with Gasteiger partial charge in [0.2, 0.25) is 0 Å². The van der Waals surface area contributed by atoms with Crippen LogP contribution in [0.15, 0.2) is 83.8 Å². The highest BCUT2D eigenvalue weighted by atomic mass is 32.2. The normalized spacial score (nSPS) is 11.2. The Bertz CT molecular complexity index is 1120. The van der Waals surface area contributed by atoms with Gasteiger partial charge in [0.05, 0.1) is 10.6 Å². The number of nitrogens with one attached hydrogen (secondary N) is 1. The molecule has 3 aromatic carbocycles. The Morgan fingerprint density at radius 1 is 0.967 bits per heavy atom. The van der Waals surface area contributed by atoms with Crippen molar-refractivity contribution in [1.82, 2.24) is 0 Å². The van der Waals surface area contributed by atoms with E-state index in [0.717, 1.165) is 4.31 Å². The SMILES string of the molecule is CN(c1ccccc1)S(=O)(=O)c1cccc(C(=O)Nc2ccc(OC(F)F)cc2)c1. The first kappa shape index (κ1) is 21.3. The van der Waals surface area contributed by atoms with Gasteiger partial charge in [-0.05, 0) is 54.6 Å². The van der Waals surface area contributed by atoms with Crippen LogP contribution >= 0.6 is 0 Å². The number of amides is 1. The van der Waals surface area contributed by atoms with Crippen molar-refractivity contribution in [3.63, 3.8) is 0 Å². The first-order valence-electron chi connectivity index (χ1n) is 8.77. The van der Waals surface area contributed by atoms with E-state index in [1.165, 1.54) is 55.6 Å². The molecule has 1 N–H and O–H groups in total. The van der Waals surface area contributed by atoms with Crippen molar-refractivity contribution in [3.05, 3.63) is 84.4 Å². The quantitative estimate of drug-likeness (QED) is 0.602. The van der Waals surface area contributed by atoms with E-state index >= 15 is 0 Å². The molecule has 0 spiro atoms. The van der Waals surface area contributed by atoms with E-state index in [1.54, 1.807) is 30.3 Å². The Morgan fingerprint density at radius 2 is 1.63 bits per heavy atom. The van der Waals surface area contributed by atoms with Gasteiger partial charge in [-0.15, -0.1) is 0 Å². The zero-order valence-corrected chi connectivity index (χ0v) is 16.6. The number of benzene rings is 3. The van der Waals surface area contributed by atoms with Crippen molar-refractivity contribution in [2.75, 3.05) is 16.7 Å². The molecule has 0 fully saturated rings. The van der Waals surface area contributed by atoms with Crippen molar-refractivity contribution in [3.8, 4) is 5.75 Å². The maximum atomic E-state index is 12.9. The summed E-state index contributed by atoms with van der Waals surface area (Å²) in [5, 5.41) is 2.59. The number of alkyl halides is 2. The molecule has 6 nitrogen and oxygen atoms in total. The summed E-state index contributed by atoms with van der Waals surface area (Å²) in [7, 11) is -2.44. The van der Waals surface area contributed by atoms with Crippen LogP contribution in [0.2, 0.25) is 0 Å². The lowest BCUT2D eigenvalue weighted by molar-refractivity contribution is -0.0498. The zero-order valence-electron chi connectivity index (χ0n) is 15.8. The lowest BCUT2D eigenvalue weighted by Crippen LogP contribution is -2.26. The van der Waals surface area contributed by atoms with E-state index in [1.807, 2.05) is 0 Å². The summed E-state index contributed by atoms with van der Waals surface area (Å²) >= 11 is 0. The van der Waals surface area contributed by atoms with Crippen molar-refractivity contribution < 1.29 is 26.7 Å². The first-order valence-corrected chi connectivity index (χ1v) is 10.2. The first-order chi connectivity index (χ1) is 14.3. The van der Waals surface area contributed by atoms with Crippen LogP contribution in [0.25, 0.3) is 0 Å². The number of hydrogen-bond donors (Lipinski definition) is 1. The van der Waals surface area contributed by atoms with Crippen LogP contribution in [0.1, 0.15) is 10.4 Å². The molecule has 3 aromatic rings. The minimum absolute atomic E-state index is 0.0396. The van der Waals surface area contributed by atoms with Gasteiger partial charge >= 0.3 is 6.61 Å². The Kier molecular flexibility index (Phi) is 6.31. The number of nitrogens with zero attached hydrogens (tertiary/aromatic N) is 1. The molecule has 0 bridgehead atoms. The lowest BCUT2D eigenvalue weighted by Gasteiger charge is -2.19. The third-order valence-corrected chi connectivity index (χ3v) is 5.99. The molecule has 0 aliphatic heterocycles. The van der Waals surface area contributed by atoms with Crippen LogP contribution < -0.4 is 14.4 Å². The van der Waals surface area contributed by atoms with E-state index in [-0.39, 0.29) is 16.2 Å². The summed E-state index contributed by atoms with van der Waals surface area (Å²) in [6.45, 7) is -2.94. The molecule has 156 valence electrons. The third-order valence-electron chi connectivity index (χ3n) is 4.21. The van der Waals surface area contributed by atoms with Gasteiger partial charge in [0.25, 0.3) is 15.9 Å². The molecule has 0 radical (unpaired) electrons. The number of halogens is 2. The fraction of sp³-hybridized carbons (Fsp3) is 0.0952. The largest absolute Gasteiger partial charge is 0.435 e. The molecule has 0 aromatic heterocycles. The molecule has 0 heterocycles. The Labute approximate surface area is 172 Å². The van der Waals surface area contributed by atoms with Gasteiger partial charge in [-0.3, -0.25) is 9.10 Å². The number of sulfonamides is 1. The molecule has 1 amide bonds. The molecule has 9 heteroatoms. The molecular formula is C21H18F2N2O4S. The zero-order chi connectivity index (χ0) is 21.7. The third kappa shape index (κ3) is 4.93. The number of hydrogen-bond acceptors (Lipinski definition) is 4. The predicted molar refractivity (Wildman–Crippen MR) is 110 cm³/mol. The van der Waals surface area contributed by atoms with Gasteiger partial charge in [0, 0.05) is 18.3 Å². The summed E-state index contributed by atoms with van der Waals surface area (Å²) < 4.78 is 55.6. The second-order valence-corrected chi connectivity index (χ2v) is 8.16. The lowest BCUT2D eigenvalue weighted by atomic mass is 10.2. The Hall–Kier alpha value is -3.46. The monoisotopic (exact) mass is 432 g/mol. The van der Waals surface area contributed by atoms with E-state index in [0.29, 0.717) is 11.4 Å². The fourth-order valence-electron chi connectivity index (χ4n) is 2.66. The van der Waals surface area contributed by atoms with Gasteiger partial charge in [0.15, 0.2) is 0 Å². The van der Waals surface area contributed by atoms with Crippen LogP contribution in [0.4, 0.5) is 20.2 Å². The second kappa shape index (κ2) is 8.91. The number of anilines is 2. The van der Waals surface area contributed by atoms with Gasteiger partial charge in [-0.1, -0.05) is 24.3 Å². The molecule has 0 unspecified atom stereocenters. The van der Waals surface area contributed by atoms with Crippen LogP contribution in [0.3, 0.4) is 0 Å². The highest BCUT2D eigenvalue weighted by molar-refractivity contribution is 7.92. The topological polar surface area (TPSA) is 75.7 Å². The number of carbonyl (C=O) groups is 1. The molecule has 3 rings (SSSR count).